The summed E-state index contributed by atoms with van der Waals surface area (Å²) in [7, 11) is 0. The highest BCUT2D eigenvalue weighted by atomic mass is 79.9. The topological polar surface area (TPSA) is 40.5 Å². The van der Waals surface area contributed by atoms with Gasteiger partial charge in [-0.3, -0.25) is 9.69 Å². The number of rotatable bonds is 6. The molecule has 1 heterocycles. The van der Waals surface area contributed by atoms with Crippen LogP contribution in [0.25, 0.3) is 0 Å². The van der Waals surface area contributed by atoms with Gasteiger partial charge in [0.2, 0.25) is 0 Å². The van der Waals surface area contributed by atoms with Crippen LogP contribution in [0, 0.1) is 0 Å². The number of hydrogen-bond donors (Lipinski definition) is 1. The Bertz CT molecular complexity index is 354. The van der Waals surface area contributed by atoms with E-state index in [0.717, 1.165) is 10.2 Å². The first-order valence-corrected chi connectivity index (χ1v) is 6.84. The lowest BCUT2D eigenvalue weighted by atomic mass is 10.2. The molecular weight excluding hydrogens is 290 g/mol. The molecular formula is C11H16BrNO2S. The summed E-state index contributed by atoms with van der Waals surface area (Å²) in [5.74, 6) is -0.768. The third-order valence-electron chi connectivity index (χ3n) is 2.54. The zero-order valence-corrected chi connectivity index (χ0v) is 11.8. The molecule has 0 fully saturated rings. The van der Waals surface area contributed by atoms with Gasteiger partial charge in [-0.25, -0.2) is 0 Å². The molecule has 0 saturated heterocycles. The Morgan fingerprint density at radius 3 is 2.75 bits per heavy atom. The number of carboxylic acid groups (broad SMARTS) is 1. The second kappa shape index (κ2) is 6.37. The molecule has 1 unspecified atom stereocenters. The van der Waals surface area contributed by atoms with Crippen molar-refractivity contribution in [1.82, 2.24) is 4.90 Å². The lowest BCUT2D eigenvalue weighted by molar-refractivity contribution is -0.139. The average molecular weight is 306 g/mol. The summed E-state index contributed by atoms with van der Waals surface area (Å²) in [5, 5.41) is 8.86. The number of aliphatic carboxylic acids is 1. The molecule has 1 aromatic rings. The van der Waals surface area contributed by atoms with Crippen molar-refractivity contribution in [2.24, 2.45) is 0 Å². The fourth-order valence-electron chi connectivity index (χ4n) is 1.44. The van der Waals surface area contributed by atoms with E-state index in [1.165, 1.54) is 4.88 Å². The van der Waals surface area contributed by atoms with E-state index in [0.29, 0.717) is 6.54 Å². The summed E-state index contributed by atoms with van der Waals surface area (Å²) in [4.78, 5) is 14.0. The van der Waals surface area contributed by atoms with E-state index in [4.69, 9.17) is 5.11 Å². The smallest absolute Gasteiger partial charge is 0.317 e. The van der Waals surface area contributed by atoms with E-state index in [1.807, 2.05) is 17.0 Å². The highest BCUT2D eigenvalue weighted by molar-refractivity contribution is 9.11. The monoisotopic (exact) mass is 305 g/mol. The Morgan fingerprint density at radius 2 is 2.31 bits per heavy atom. The first kappa shape index (κ1) is 13.7. The van der Waals surface area contributed by atoms with Gasteiger partial charge < -0.3 is 5.11 Å². The summed E-state index contributed by atoms with van der Waals surface area (Å²) in [6, 6.07) is 4.32. The van der Waals surface area contributed by atoms with Gasteiger partial charge in [0, 0.05) is 17.5 Å². The van der Waals surface area contributed by atoms with Crippen LogP contribution in [0.15, 0.2) is 15.9 Å². The SMILES string of the molecule is CCC(C)N(CC(=O)O)Cc1ccc(Br)s1. The van der Waals surface area contributed by atoms with Gasteiger partial charge in [-0.2, -0.15) is 0 Å². The maximum atomic E-state index is 10.8. The van der Waals surface area contributed by atoms with Crippen molar-refractivity contribution in [3.05, 3.63) is 20.8 Å². The Hall–Kier alpha value is -0.390. The number of carboxylic acids is 1. The number of nitrogens with zero attached hydrogens (tertiary/aromatic N) is 1. The van der Waals surface area contributed by atoms with Crippen molar-refractivity contribution in [2.75, 3.05) is 6.54 Å². The van der Waals surface area contributed by atoms with Crippen molar-refractivity contribution in [3.8, 4) is 0 Å². The summed E-state index contributed by atoms with van der Waals surface area (Å²) < 4.78 is 1.09. The van der Waals surface area contributed by atoms with Crippen LogP contribution in [0.4, 0.5) is 0 Å². The molecule has 0 aromatic carbocycles. The first-order valence-electron chi connectivity index (χ1n) is 5.23. The fraction of sp³-hybridized carbons (Fsp3) is 0.545. The number of halogens is 1. The van der Waals surface area contributed by atoms with Crippen LogP contribution in [0.3, 0.4) is 0 Å². The largest absolute Gasteiger partial charge is 0.480 e. The minimum absolute atomic E-state index is 0.102. The molecule has 0 radical (unpaired) electrons. The molecule has 1 N–H and O–H groups in total. The zero-order chi connectivity index (χ0) is 12.1. The van der Waals surface area contributed by atoms with Crippen LogP contribution in [0.5, 0.6) is 0 Å². The van der Waals surface area contributed by atoms with Crippen LogP contribution in [-0.4, -0.2) is 28.6 Å². The molecule has 0 amide bonds. The molecule has 0 spiro atoms. The van der Waals surface area contributed by atoms with Crippen molar-refractivity contribution in [3.63, 3.8) is 0 Å². The van der Waals surface area contributed by atoms with Crippen LogP contribution >= 0.6 is 27.3 Å². The van der Waals surface area contributed by atoms with Crippen molar-refractivity contribution in [1.29, 1.82) is 0 Å². The van der Waals surface area contributed by atoms with Gasteiger partial charge in [-0.15, -0.1) is 11.3 Å². The van der Waals surface area contributed by atoms with Gasteiger partial charge >= 0.3 is 5.97 Å². The Labute approximate surface area is 108 Å². The molecule has 1 aromatic heterocycles. The van der Waals surface area contributed by atoms with Gasteiger partial charge in [0.05, 0.1) is 10.3 Å². The minimum atomic E-state index is -0.768. The maximum absolute atomic E-state index is 10.8. The van der Waals surface area contributed by atoms with Gasteiger partial charge in [0.1, 0.15) is 0 Å². The van der Waals surface area contributed by atoms with Crippen LogP contribution < -0.4 is 0 Å². The molecule has 0 saturated carbocycles. The predicted molar refractivity (Wildman–Crippen MR) is 69.8 cm³/mol. The van der Waals surface area contributed by atoms with Crippen LogP contribution in [0.1, 0.15) is 25.1 Å². The highest BCUT2D eigenvalue weighted by Gasteiger charge is 2.16. The Balaban J connectivity index is 2.66. The highest BCUT2D eigenvalue weighted by Crippen LogP contribution is 2.24. The maximum Gasteiger partial charge on any atom is 0.317 e. The first-order chi connectivity index (χ1) is 7.52. The fourth-order valence-corrected chi connectivity index (χ4v) is 2.95. The quantitative estimate of drug-likeness (QED) is 0.877. The van der Waals surface area contributed by atoms with E-state index in [1.54, 1.807) is 11.3 Å². The van der Waals surface area contributed by atoms with E-state index >= 15 is 0 Å². The molecule has 16 heavy (non-hydrogen) atoms. The third kappa shape index (κ3) is 4.23. The Kier molecular flexibility index (Phi) is 5.44. The van der Waals surface area contributed by atoms with Gasteiger partial charge in [0.25, 0.3) is 0 Å². The van der Waals surface area contributed by atoms with E-state index in [-0.39, 0.29) is 12.6 Å². The molecule has 0 bridgehead atoms. The van der Waals surface area contributed by atoms with E-state index in [9.17, 15) is 4.79 Å². The zero-order valence-electron chi connectivity index (χ0n) is 9.44. The van der Waals surface area contributed by atoms with Crippen molar-refractivity contribution < 1.29 is 9.90 Å². The molecule has 5 heteroatoms. The van der Waals surface area contributed by atoms with Crippen molar-refractivity contribution in [2.45, 2.75) is 32.9 Å². The molecule has 90 valence electrons. The van der Waals surface area contributed by atoms with Gasteiger partial charge in [0.15, 0.2) is 0 Å². The van der Waals surface area contributed by atoms with Gasteiger partial charge in [-0.05, 0) is 41.4 Å². The molecule has 1 rings (SSSR count). The van der Waals surface area contributed by atoms with Gasteiger partial charge in [-0.1, -0.05) is 6.92 Å². The summed E-state index contributed by atoms with van der Waals surface area (Å²) >= 11 is 5.06. The van der Waals surface area contributed by atoms with E-state index < -0.39 is 5.97 Å². The molecule has 3 nitrogen and oxygen atoms in total. The predicted octanol–water partition coefficient (Wildman–Crippen LogP) is 3.20. The minimum Gasteiger partial charge on any atom is -0.480 e. The molecule has 0 aliphatic rings. The van der Waals surface area contributed by atoms with Crippen LogP contribution in [0.2, 0.25) is 0 Å². The van der Waals surface area contributed by atoms with E-state index in [2.05, 4.69) is 29.8 Å². The normalized spacial score (nSPS) is 13.0. The number of thiophene rings is 1. The molecule has 1 atom stereocenters. The summed E-state index contributed by atoms with van der Waals surface area (Å²) in [5.41, 5.74) is 0. The standard InChI is InChI=1S/C11H16BrNO2S/c1-3-8(2)13(7-11(14)15)6-9-4-5-10(12)16-9/h4-5,8H,3,6-7H2,1-2H3,(H,14,15). The number of hydrogen-bond acceptors (Lipinski definition) is 3. The summed E-state index contributed by atoms with van der Waals surface area (Å²) in [6.45, 7) is 4.94. The third-order valence-corrected chi connectivity index (χ3v) is 4.15. The summed E-state index contributed by atoms with van der Waals surface area (Å²) in [6.07, 6.45) is 0.958. The molecule has 0 aliphatic carbocycles. The number of carbonyl (C=O) groups is 1. The lowest BCUT2D eigenvalue weighted by Gasteiger charge is -2.25. The second-order valence-electron chi connectivity index (χ2n) is 3.76. The average Bonchev–Trinajstić information content (AvgIpc) is 2.61. The van der Waals surface area contributed by atoms with Crippen LogP contribution in [-0.2, 0) is 11.3 Å². The Morgan fingerprint density at radius 1 is 1.62 bits per heavy atom. The lowest BCUT2D eigenvalue weighted by Crippen LogP contribution is -2.36. The molecule has 0 aliphatic heterocycles. The second-order valence-corrected chi connectivity index (χ2v) is 6.31. The van der Waals surface area contributed by atoms with Crippen molar-refractivity contribution >= 4 is 33.2 Å².